The molecule has 31 heavy (non-hydrogen) atoms. The van der Waals surface area contributed by atoms with Crippen LogP contribution in [0, 0.1) is 10.1 Å². The van der Waals surface area contributed by atoms with Crippen molar-refractivity contribution in [3.05, 3.63) is 100 Å². The summed E-state index contributed by atoms with van der Waals surface area (Å²) in [6, 6.07) is 23.0. The summed E-state index contributed by atoms with van der Waals surface area (Å²) in [4.78, 5) is 15.5. The molecule has 152 valence electrons. The predicted octanol–water partition coefficient (Wildman–Crippen LogP) is 5.46. The van der Waals surface area contributed by atoms with Crippen molar-refractivity contribution < 1.29 is 9.34 Å². The molecule has 2 heterocycles. The minimum Gasteiger partial charge on any atom is -0.418 e. The summed E-state index contributed by atoms with van der Waals surface area (Å²) in [7, 11) is 0. The molecule has 2 aromatic heterocycles. The summed E-state index contributed by atoms with van der Waals surface area (Å²) in [5, 5.41) is 23.7. The van der Waals surface area contributed by atoms with Crippen molar-refractivity contribution in [2.24, 2.45) is 0 Å². The van der Waals surface area contributed by atoms with Gasteiger partial charge in [0.05, 0.1) is 15.1 Å². The van der Waals surface area contributed by atoms with E-state index in [1.165, 1.54) is 23.5 Å². The Labute approximate surface area is 180 Å². The van der Waals surface area contributed by atoms with Crippen molar-refractivity contribution in [1.29, 1.82) is 0 Å². The van der Waals surface area contributed by atoms with Crippen LogP contribution in [-0.2, 0) is 0 Å². The Hall–Kier alpha value is -4.11. The highest BCUT2D eigenvalue weighted by Crippen LogP contribution is 2.33. The maximum absolute atomic E-state index is 11.3. The highest BCUT2D eigenvalue weighted by Gasteiger charge is 2.24. The molecule has 3 aromatic carbocycles. The van der Waals surface area contributed by atoms with Crippen molar-refractivity contribution in [2.45, 2.75) is 6.04 Å². The monoisotopic (exact) mass is 429 g/mol. The Balaban J connectivity index is 1.56. The van der Waals surface area contributed by atoms with Gasteiger partial charge in [-0.2, -0.15) is 0 Å². The number of non-ortho nitro benzene ring substituents is 1. The van der Waals surface area contributed by atoms with E-state index in [0.717, 1.165) is 15.8 Å². The molecule has 0 spiro atoms. The van der Waals surface area contributed by atoms with Crippen LogP contribution in [0.25, 0.3) is 21.7 Å². The van der Waals surface area contributed by atoms with Crippen LogP contribution in [0.1, 0.15) is 17.5 Å². The maximum atomic E-state index is 11.3. The summed E-state index contributed by atoms with van der Waals surface area (Å²) in [5.74, 6) is 0.663. The van der Waals surface area contributed by atoms with Gasteiger partial charge in [-0.05, 0) is 29.8 Å². The minimum absolute atomic E-state index is 0.0172. The molecule has 0 aliphatic rings. The van der Waals surface area contributed by atoms with Crippen LogP contribution >= 0.6 is 11.3 Å². The third-order valence-corrected chi connectivity index (χ3v) is 5.65. The van der Waals surface area contributed by atoms with Crippen LogP contribution in [0.5, 0.6) is 0 Å². The number of aromatic nitrogens is 3. The van der Waals surface area contributed by atoms with E-state index in [2.05, 4.69) is 20.5 Å². The lowest BCUT2D eigenvalue weighted by molar-refractivity contribution is -0.384. The third-order valence-electron chi connectivity index (χ3n) is 4.68. The number of thiazole rings is 1. The van der Waals surface area contributed by atoms with Gasteiger partial charge in [-0.25, -0.2) is 4.98 Å². The summed E-state index contributed by atoms with van der Waals surface area (Å²) in [6.45, 7) is 0. The zero-order chi connectivity index (χ0) is 21.2. The first-order valence-corrected chi connectivity index (χ1v) is 10.2. The molecule has 1 atom stereocenters. The molecule has 9 heteroatoms. The summed E-state index contributed by atoms with van der Waals surface area (Å²) in [6.07, 6.45) is 0. The van der Waals surface area contributed by atoms with E-state index in [-0.39, 0.29) is 5.69 Å². The maximum Gasteiger partial charge on any atom is 0.269 e. The highest BCUT2D eigenvalue weighted by atomic mass is 32.1. The average Bonchev–Trinajstić information content (AvgIpc) is 3.45. The summed E-state index contributed by atoms with van der Waals surface area (Å²) in [5.41, 5.74) is 2.26. The van der Waals surface area contributed by atoms with E-state index in [1.54, 1.807) is 12.1 Å². The van der Waals surface area contributed by atoms with E-state index in [0.29, 0.717) is 22.5 Å². The standard InChI is InChI=1S/C22H15N5O3S/c28-27(29)16-10-6-9-15(13-16)19(24-22-23-17-11-4-5-12-18(17)31-22)21-26-25-20(30-21)14-7-2-1-3-8-14/h1-13,19H,(H,23,24). The topological polar surface area (TPSA) is 107 Å². The molecule has 1 unspecified atom stereocenters. The highest BCUT2D eigenvalue weighted by molar-refractivity contribution is 7.22. The number of hydrogen-bond donors (Lipinski definition) is 1. The fraction of sp³-hybridized carbons (Fsp3) is 0.0455. The predicted molar refractivity (Wildman–Crippen MR) is 118 cm³/mol. The second-order valence-corrected chi connectivity index (χ2v) is 7.76. The Morgan fingerprint density at radius 2 is 1.77 bits per heavy atom. The van der Waals surface area contributed by atoms with E-state index < -0.39 is 11.0 Å². The number of anilines is 1. The van der Waals surface area contributed by atoms with Gasteiger partial charge in [-0.3, -0.25) is 10.1 Å². The average molecular weight is 429 g/mol. The van der Waals surface area contributed by atoms with Crippen LogP contribution in [0.2, 0.25) is 0 Å². The van der Waals surface area contributed by atoms with Crippen LogP contribution in [-0.4, -0.2) is 20.1 Å². The molecule has 0 saturated heterocycles. The normalized spacial score (nSPS) is 12.0. The Morgan fingerprint density at radius 1 is 0.968 bits per heavy atom. The number of para-hydroxylation sites is 1. The molecule has 1 N–H and O–H groups in total. The zero-order valence-electron chi connectivity index (χ0n) is 16.0. The van der Waals surface area contributed by atoms with E-state index in [4.69, 9.17) is 4.42 Å². The molecular weight excluding hydrogens is 414 g/mol. The Bertz CT molecular complexity index is 1330. The third kappa shape index (κ3) is 3.86. The lowest BCUT2D eigenvalue weighted by Crippen LogP contribution is -2.13. The molecule has 5 aromatic rings. The molecule has 0 aliphatic carbocycles. The first kappa shape index (κ1) is 18.9. The zero-order valence-corrected chi connectivity index (χ0v) is 16.8. The molecule has 0 amide bonds. The SMILES string of the molecule is O=[N+]([O-])c1cccc(C(Nc2nc3ccccc3s2)c2nnc(-c3ccccc3)o2)c1. The van der Waals surface area contributed by atoms with Gasteiger partial charge in [0.1, 0.15) is 6.04 Å². The molecule has 5 rings (SSSR count). The second-order valence-electron chi connectivity index (χ2n) is 6.73. The van der Waals surface area contributed by atoms with Gasteiger partial charge in [-0.1, -0.05) is 53.8 Å². The van der Waals surface area contributed by atoms with Crippen molar-refractivity contribution in [1.82, 2.24) is 15.2 Å². The van der Waals surface area contributed by atoms with Crippen LogP contribution in [0.3, 0.4) is 0 Å². The number of fused-ring (bicyclic) bond motifs is 1. The van der Waals surface area contributed by atoms with Crippen LogP contribution in [0.4, 0.5) is 10.8 Å². The van der Waals surface area contributed by atoms with Crippen LogP contribution in [0.15, 0.2) is 83.3 Å². The molecule has 0 aliphatic heterocycles. The fourth-order valence-electron chi connectivity index (χ4n) is 3.21. The number of rotatable bonds is 6. The molecular formula is C22H15N5O3S. The van der Waals surface area contributed by atoms with Gasteiger partial charge in [-0.15, -0.1) is 10.2 Å². The second kappa shape index (κ2) is 7.96. The van der Waals surface area contributed by atoms with Crippen molar-refractivity contribution in [2.75, 3.05) is 5.32 Å². The number of nitro groups is 1. The van der Waals surface area contributed by atoms with Gasteiger partial charge in [0.2, 0.25) is 11.8 Å². The number of hydrogen-bond acceptors (Lipinski definition) is 8. The van der Waals surface area contributed by atoms with E-state index in [9.17, 15) is 10.1 Å². The van der Waals surface area contributed by atoms with Crippen molar-refractivity contribution in [3.8, 4) is 11.5 Å². The quantitative estimate of drug-likeness (QED) is 0.282. The largest absolute Gasteiger partial charge is 0.418 e. The number of nitrogens with zero attached hydrogens (tertiary/aromatic N) is 4. The van der Waals surface area contributed by atoms with Crippen molar-refractivity contribution >= 4 is 32.4 Å². The van der Waals surface area contributed by atoms with E-state index >= 15 is 0 Å². The molecule has 0 saturated carbocycles. The molecule has 0 bridgehead atoms. The van der Waals surface area contributed by atoms with Gasteiger partial charge >= 0.3 is 0 Å². The summed E-state index contributed by atoms with van der Waals surface area (Å²) < 4.78 is 6.98. The molecule has 0 fully saturated rings. The Kier molecular flexibility index (Phi) is 4.85. The van der Waals surface area contributed by atoms with Gasteiger partial charge < -0.3 is 9.73 Å². The smallest absolute Gasteiger partial charge is 0.269 e. The molecule has 8 nitrogen and oxygen atoms in total. The van der Waals surface area contributed by atoms with Gasteiger partial charge in [0, 0.05) is 17.7 Å². The first-order valence-electron chi connectivity index (χ1n) is 9.43. The van der Waals surface area contributed by atoms with E-state index in [1.807, 2.05) is 54.6 Å². The summed E-state index contributed by atoms with van der Waals surface area (Å²) >= 11 is 1.48. The lowest BCUT2D eigenvalue weighted by atomic mass is 10.1. The number of nitro benzene ring substituents is 1. The number of benzene rings is 3. The van der Waals surface area contributed by atoms with Gasteiger partial charge in [0.25, 0.3) is 5.69 Å². The first-order chi connectivity index (χ1) is 15.2. The van der Waals surface area contributed by atoms with Crippen molar-refractivity contribution in [3.63, 3.8) is 0 Å². The molecule has 0 radical (unpaired) electrons. The number of nitrogens with one attached hydrogen (secondary N) is 1. The Morgan fingerprint density at radius 3 is 2.58 bits per heavy atom. The van der Waals surface area contributed by atoms with Gasteiger partial charge in [0.15, 0.2) is 5.13 Å². The fourth-order valence-corrected chi connectivity index (χ4v) is 4.11. The lowest BCUT2D eigenvalue weighted by Gasteiger charge is -2.14. The van der Waals surface area contributed by atoms with Crippen LogP contribution < -0.4 is 5.32 Å². The minimum atomic E-state index is -0.606.